The van der Waals surface area contributed by atoms with Crippen molar-refractivity contribution in [3.63, 3.8) is 0 Å². The van der Waals surface area contributed by atoms with Crippen LogP contribution in [0.15, 0.2) is 42.5 Å². The highest BCUT2D eigenvalue weighted by Gasteiger charge is 2.23. The Morgan fingerprint density at radius 1 is 1.29 bits per heavy atom. The highest BCUT2D eigenvalue weighted by atomic mass is 19.1. The van der Waals surface area contributed by atoms with Crippen LogP contribution in [0.25, 0.3) is 0 Å². The molecule has 0 amide bonds. The molecule has 0 radical (unpaired) electrons. The van der Waals surface area contributed by atoms with E-state index in [4.69, 9.17) is 9.47 Å². The van der Waals surface area contributed by atoms with Gasteiger partial charge < -0.3 is 14.8 Å². The molecular weight excluding hydrogens is 269 g/mol. The Labute approximate surface area is 123 Å². The van der Waals surface area contributed by atoms with Crippen molar-refractivity contribution in [3.05, 3.63) is 53.8 Å². The second-order valence-corrected chi connectivity index (χ2v) is 5.01. The molecular formula is C17H18FNO2. The van der Waals surface area contributed by atoms with E-state index in [1.807, 2.05) is 31.2 Å². The van der Waals surface area contributed by atoms with Gasteiger partial charge in [0.25, 0.3) is 0 Å². The van der Waals surface area contributed by atoms with Gasteiger partial charge in [0.1, 0.15) is 23.4 Å². The predicted octanol–water partition coefficient (Wildman–Crippen LogP) is 3.64. The Kier molecular flexibility index (Phi) is 3.95. The van der Waals surface area contributed by atoms with E-state index in [1.54, 1.807) is 12.1 Å². The fourth-order valence-corrected chi connectivity index (χ4v) is 2.52. The molecule has 2 aromatic rings. The van der Waals surface area contributed by atoms with Crippen LogP contribution in [0.3, 0.4) is 0 Å². The van der Waals surface area contributed by atoms with Gasteiger partial charge in [0.2, 0.25) is 0 Å². The highest BCUT2D eigenvalue weighted by Crippen LogP contribution is 2.30. The van der Waals surface area contributed by atoms with Crippen LogP contribution in [-0.4, -0.2) is 19.3 Å². The fourth-order valence-electron chi connectivity index (χ4n) is 2.52. The zero-order chi connectivity index (χ0) is 14.7. The molecule has 110 valence electrons. The monoisotopic (exact) mass is 287 g/mol. The van der Waals surface area contributed by atoms with Gasteiger partial charge in [-0.3, -0.25) is 0 Å². The molecule has 4 heteroatoms. The van der Waals surface area contributed by atoms with E-state index in [0.29, 0.717) is 13.2 Å². The number of hydrogen-bond acceptors (Lipinski definition) is 3. The summed E-state index contributed by atoms with van der Waals surface area (Å²) in [6.45, 7) is 3.24. The molecule has 0 aliphatic carbocycles. The van der Waals surface area contributed by atoms with E-state index in [2.05, 4.69) is 5.32 Å². The molecule has 1 N–H and O–H groups in total. The molecule has 21 heavy (non-hydrogen) atoms. The maximum Gasteiger partial charge on any atom is 0.142 e. The number of hydrogen-bond donors (Lipinski definition) is 1. The standard InChI is InChI=1S/C17H18FNO2/c1-2-20-17-6-4-3-5-15(17)19-11-14-10-12-9-13(18)7-8-16(12)21-14/h3-9,14,19H,2,10-11H2,1H3. The molecule has 1 aliphatic rings. The summed E-state index contributed by atoms with van der Waals surface area (Å²) >= 11 is 0. The maximum absolute atomic E-state index is 13.2. The topological polar surface area (TPSA) is 30.5 Å². The molecule has 0 saturated carbocycles. The summed E-state index contributed by atoms with van der Waals surface area (Å²) in [7, 11) is 0. The van der Waals surface area contributed by atoms with E-state index in [0.717, 1.165) is 29.2 Å². The summed E-state index contributed by atoms with van der Waals surface area (Å²) in [5.74, 6) is 1.40. The van der Waals surface area contributed by atoms with Crippen LogP contribution in [0, 0.1) is 5.82 Å². The van der Waals surface area contributed by atoms with E-state index < -0.39 is 0 Å². The van der Waals surface area contributed by atoms with Crippen molar-refractivity contribution in [2.45, 2.75) is 19.4 Å². The van der Waals surface area contributed by atoms with E-state index in [1.165, 1.54) is 6.07 Å². The van der Waals surface area contributed by atoms with Crippen molar-refractivity contribution in [1.29, 1.82) is 0 Å². The van der Waals surface area contributed by atoms with Gasteiger partial charge in [-0.15, -0.1) is 0 Å². The zero-order valence-corrected chi connectivity index (χ0v) is 11.9. The van der Waals surface area contributed by atoms with Gasteiger partial charge in [0, 0.05) is 12.0 Å². The van der Waals surface area contributed by atoms with Gasteiger partial charge in [-0.25, -0.2) is 4.39 Å². The molecule has 1 aliphatic heterocycles. The number of anilines is 1. The lowest BCUT2D eigenvalue weighted by Gasteiger charge is -2.15. The highest BCUT2D eigenvalue weighted by molar-refractivity contribution is 5.56. The Balaban J connectivity index is 1.62. The van der Waals surface area contributed by atoms with E-state index in [9.17, 15) is 4.39 Å². The number of fused-ring (bicyclic) bond motifs is 1. The first-order chi connectivity index (χ1) is 10.3. The van der Waals surface area contributed by atoms with Crippen molar-refractivity contribution < 1.29 is 13.9 Å². The van der Waals surface area contributed by atoms with Gasteiger partial charge >= 0.3 is 0 Å². The molecule has 3 rings (SSSR count). The second kappa shape index (κ2) is 6.04. The van der Waals surface area contributed by atoms with Crippen LogP contribution >= 0.6 is 0 Å². The van der Waals surface area contributed by atoms with Crippen molar-refractivity contribution in [3.8, 4) is 11.5 Å². The second-order valence-electron chi connectivity index (χ2n) is 5.01. The minimum Gasteiger partial charge on any atom is -0.492 e. The van der Waals surface area contributed by atoms with Crippen molar-refractivity contribution in [2.75, 3.05) is 18.5 Å². The first kappa shape index (κ1) is 13.7. The van der Waals surface area contributed by atoms with Crippen LogP contribution in [0.2, 0.25) is 0 Å². The average molecular weight is 287 g/mol. The molecule has 0 aromatic heterocycles. The van der Waals surface area contributed by atoms with Gasteiger partial charge in [-0.2, -0.15) is 0 Å². The number of para-hydroxylation sites is 2. The third kappa shape index (κ3) is 3.10. The first-order valence-corrected chi connectivity index (χ1v) is 7.17. The number of nitrogens with one attached hydrogen (secondary N) is 1. The van der Waals surface area contributed by atoms with Crippen LogP contribution in [0.5, 0.6) is 11.5 Å². The number of rotatable bonds is 5. The minimum absolute atomic E-state index is 0.0106. The largest absolute Gasteiger partial charge is 0.492 e. The smallest absolute Gasteiger partial charge is 0.142 e. The summed E-state index contributed by atoms with van der Waals surface area (Å²) in [5, 5.41) is 3.35. The molecule has 1 unspecified atom stereocenters. The zero-order valence-electron chi connectivity index (χ0n) is 11.9. The van der Waals surface area contributed by atoms with Crippen molar-refractivity contribution >= 4 is 5.69 Å². The predicted molar refractivity (Wildman–Crippen MR) is 80.6 cm³/mol. The maximum atomic E-state index is 13.2. The van der Waals surface area contributed by atoms with E-state index in [-0.39, 0.29) is 11.9 Å². The molecule has 0 spiro atoms. The molecule has 1 heterocycles. The number of halogens is 1. The van der Waals surface area contributed by atoms with Crippen LogP contribution in [0.1, 0.15) is 12.5 Å². The summed E-state index contributed by atoms with van der Waals surface area (Å²) in [4.78, 5) is 0. The Morgan fingerprint density at radius 3 is 3.00 bits per heavy atom. The SMILES string of the molecule is CCOc1ccccc1NCC1Cc2cc(F)ccc2O1. The van der Waals surface area contributed by atoms with Gasteiger partial charge in [-0.05, 0) is 37.3 Å². The van der Waals surface area contributed by atoms with Crippen LogP contribution in [0.4, 0.5) is 10.1 Å². The molecule has 0 bridgehead atoms. The lowest BCUT2D eigenvalue weighted by molar-refractivity contribution is 0.246. The van der Waals surface area contributed by atoms with Crippen molar-refractivity contribution in [2.24, 2.45) is 0 Å². The lowest BCUT2D eigenvalue weighted by atomic mass is 10.1. The average Bonchev–Trinajstić information content (AvgIpc) is 2.88. The van der Waals surface area contributed by atoms with E-state index >= 15 is 0 Å². The third-order valence-corrected chi connectivity index (χ3v) is 3.47. The fraction of sp³-hybridized carbons (Fsp3) is 0.294. The minimum atomic E-state index is -0.215. The van der Waals surface area contributed by atoms with Crippen molar-refractivity contribution in [1.82, 2.24) is 0 Å². The summed E-state index contributed by atoms with van der Waals surface area (Å²) < 4.78 is 24.6. The number of benzene rings is 2. The Hall–Kier alpha value is -2.23. The quantitative estimate of drug-likeness (QED) is 0.910. The molecule has 3 nitrogen and oxygen atoms in total. The number of ether oxygens (including phenoxy) is 2. The Morgan fingerprint density at radius 2 is 2.14 bits per heavy atom. The molecule has 1 atom stereocenters. The van der Waals surface area contributed by atoms with Crippen LogP contribution < -0.4 is 14.8 Å². The molecule has 0 saturated heterocycles. The molecule has 0 fully saturated rings. The van der Waals surface area contributed by atoms with Gasteiger partial charge in [-0.1, -0.05) is 12.1 Å². The lowest BCUT2D eigenvalue weighted by Crippen LogP contribution is -2.24. The first-order valence-electron chi connectivity index (χ1n) is 7.17. The molecule has 2 aromatic carbocycles. The summed E-state index contributed by atoms with van der Waals surface area (Å²) in [6, 6.07) is 12.5. The summed E-state index contributed by atoms with van der Waals surface area (Å²) in [5.41, 5.74) is 1.88. The normalized spacial score (nSPS) is 16.2. The Bertz CT molecular complexity index is 630. The third-order valence-electron chi connectivity index (χ3n) is 3.47. The van der Waals surface area contributed by atoms with Crippen LogP contribution in [-0.2, 0) is 6.42 Å². The van der Waals surface area contributed by atoms with Gasteiger partial charge in [0.05, 0.1) is 18.8 Å². The van der Waals surface area contributed by atoms with Gasteiger partial charge in [0.15, 0.2) is 0 Å². The summed E-state index contributed by atoms with van der Waals surface area (Å²) in [6.07, 6.45) is 0.730.